The molecule has 0 unspecified atom stereocenters. The van der Waals surface area contributed by atoms with E-state index in [2.05, 4.69) is 20.5 Å². The van der Waals surface area contributed by atoms with Crippen LogP contribution in [0.25, 0.3) is 11.0 Å². The Hall–Kier alpha value is -4.05. The lowest BCUT2D eigenvalue weighted by molar-refractivity contribution is 0.101. The fraction of sp³-hybridized carbons (Fsp3) is 0.208. The molecule has 0 aliphatic rings. The minimum atomic E-state index is -1.08. The highest BCUT2D eigenvalue weighted by Gasteiger charge is 2.22. The molecular formula is C24H23F2N5O3. The first kappa shape index (κ1) is 23.1. The number of benzene rings is 2. The van der Waals surface area contributed by atoms with E-state index in [0.29, 0.717) is 30.1 Å². The second kappa shape index (κ2) is 10.3. The van der Waals surface area contributed by atoms with Crippen molar-refractivity contribution >= 4 is 22.6 Å². The number of halogens is 2. The van der Waals surface area contributed by atoms with Gasteiger partial charge in [0.1, 0.15) is 24.6 Å². The zero-order valence-corrected chi connectivity index (χ0v) is 18.6. The van der Waals surface area contributed by atoms with Crippen LogP contribution in [-0.4, -0.2) is 53.2 Å². The van der Waals surface area contributed by atoms with Gasteiger partial charge in [0.05, 0.1) is 17.3 Å². The topological polar surface area (TPSA) is 92.4 Å². The molecule has 2 aromatic carbocycles. The number of ether oxygens (including phenoxy) is 2. The molecule has 0 saturated heterocycles. The fourth-order valence-corrected chi connectivity index (χ4v) is 3.17. The number of hydrogen-bond acceptors (Lipinski definition) is 6. The highest BCUT2D eigenvalue weighted by atomic mass is 19.1. The van der Waals surface area contributed by atoms with E-state index in [-0.39, 0.29) is 18.0 Å². The van der Waals surface area contributed by atoms with Crippen molar-refractivity contribution in [3.8, 4) is 11.6 Å². The zero-order valence-electron chi connectivity index (χ0n) is 18.6. The first-order valence-electron chi connectivity index (χ1n) is 10.5. The van der Waals surface area contributed by atoms with Crippen molar-refractivity contribution in [2.45, 2.75) is 6.61 Å². The Morgan fingerprint density at radius 3 is 2.68 bits per heavy atom. The molecule has 0 aliphatic carbocycles. The molecule has 0 atom stereocenters. The number of carbonyl (C=O) groups is 1. The quantitative estimate of drug-likeness (QED) is 0.387. The first-order chi connectivity index (χ1) is 16.4. The smallest absolute Gasteiger partial charge is 0.261 e. The molecular weight excluding hydrogens is 444 g/mol. The lowest BCUT2D eigenvalue weighted by Crippen LogP contribution is -2.19. The average Bonchev–Trinajstić information content (AvgIpc) is 3.21. The molecule has 4 rings (SSSR count). The highest BCUT2D eigenvalue weighted by Crippen LogP contribution is 2.27. The van der Waals surface area contributed by atoms with Gasteiger partial charge in [-0.3, -0.25) is 9.89 Å². The number of nitrogens with zero attached hydrogens (tertiary/aromatic N) is 3. The standard InChI is InChI=1S/C24H23F2N5O3/c1-31(2)10-11-33-24-17-12-16(13-27-22(17)29-30-24)28-23(32)20-18(25)8-9-19(21(20)26)34-14-15-6-4-3-5-7-15/h3-9,12-13H,10-11,14H2,1-2H3,(H,28,32)(H,27,29,30). The number of H-pyrrole nitrogens is 1. The number of nitrogens with one attached hydrogen (secondary N) is 2. The van der Waals surface area contributed by atoms with Gasteiger partial charge in [-0.05, 0) is 37.9 Å². The molecule has 176 valence electrons. The van der Waals surface area contributed by atoms with E-state index < -0.39 is 23.1 Å². The molecule has 4 aromatic rings. The Balaban J connectivity index is 1.51. The van der Waals surface area contributed by atoms with Gasteiger partial charge < -0.3 is 19.7 Å². The number of aromatic nitrogens is 3. The van der Waals surface area contributed by atoms with Crippen LogP contribution in [0.1, 0.15) is 15.9 Å². The summed E-state index contributed by atoms with van der Waals surface area (Å²) in [6.45, 7) is 1.15. The molecule has 2 heterocycles. The molecule has 0 aliphatic heterocycles. The van der Waals surface area contributed by atoms with Gasteiger partial charge in [-0.15, -0.1) is 5.10 Å². The molecule has 0 bridgehead atoms. The van der Waals surface area contributed by atoms with E-state index in [9.17, 15) is 13.6 Å². The Labute approximate surface area is 194 Å². The van der Waals surface area contributed by atoms with Crippen LogP contribution in [0.2, 0.25) is 0 Å². The van der Waals surface area contributed by atoms with Gasteiger partial charge in [0.2, 0.25) is 5.88 Å². The Kier molecular flexibility index (Phi) is 6.98. The van der Waals surface area contributed by atoms with Gasteiger partial charge in [-0.1, -0.05) is 30.3 Å². The zero-order chi connectivity index (χ0) is 24.1. The molecule has 10 heteroatoms. The average molecular weight is 467 g/mol. The third-order valence-corrected chi connectivity index (χ3v) is 4.94. The maximum atomic E-state index is 15.0. The Morgan fingerprint density at radius 2 is 1.91 bits per heavy atom. The SMILES string of the molecule is CN(C)CCOc1n[nH]c2ncc(NC(=O)c3c(F)ccc(OCc4ccccc4)c3F)cc12. The molecule has 2 N–H and O–H groups in total. The van der Waals surface area contributed by atoms with E-state index in [1.54, 1.807) is 6.07 Å². The minimum Gasteiger partial charge on any atom is -0.486 e. The van der Waals surface area contributed by atoms with Crippen LogP contribution in [0.3, 0.4) is 0 Å². The molecule has 0 fully saturated rings. The highest BCUT2D eigenvalue weighted by molar-refractivity contribution is 6.05. The Morgan fingerprint density at radius 1 is 1.12 bits per heavy atom. The van der Waals surface area contributed by atoms with Crippen molar-refractivity contribution in [2.75, 3.05) is 32.6 Å². The predicted molar refractivity (Wildman–Crippen MR) is 123 cm³/mol. The molecule has 1 amide bonds. The lowest BCUT2D eigenvalue weighted by Gasteiger charge is -2.12. The fourth-order valence-electron chi connectivity index (χ4n) is 3.17. The van der Waals surface area contributed by atoms with Crippen LogP contribution in [0.5, 0.6) is 11.6 Å². The number of aromatic amines is 1. The van der Waals surface area contributed by atoms with Crippen molar-refractivity contribution < 1.29 is 23.0 Å². The van der Waals surface area contributed by atoms with Crippen LogP contribution in [0.15, 0.2) is 54.7 Å². The van der Waals surface area contributed by atoms with Crippen molar-refractivity contribution in [2.24, 2.45) is 0 Å². The molecule has 34 heavy (non-hydrogen) atoms. The van der Waals surface area contributed by atoms with Gasteiger partial charge in [-0.25, -0.2) is 13.8 Å². The lowest BCUT2D eigenvalue weighted by atomic mass is 10.1. The number of amides is 1. The minimum absolute atomic E-state index is 0.0716. The number of hydrogen-bond donors (Lipinski definition) is 2. The van der Waals surface area contributed by atoms with Crippen LogP contribution in [-0.2, 0) is 6.61 Å². The predicted octanol–water partition coefficient (Wildman–Crippen LogP) is 4.01. The summed E-state index contributed by atoms with van der Waals surface area (Å²) in [5.41, 5.74) is 0.734. The molecule has 8 nitrogen and oxygen atoms in total. The maximum absolute atomic E-state index is 15.0. The van der Waals surface area contributed by atoms with E-state index >= 15 is 0 Å². The van der Waals surface area contributed by atoms with Crippen LogP contribution >= 0.6 is 0 Å². The van der Waals surface area contributed by atoms with Crippen molar-refractivity contribution in [1.29, 1.82) is 0 Å². The first-order valence-corrected chi connectivity index (χ1v) is 10.5. The number of pyridine rings is 1. The van der Waals surface area contributed by atoms with Gasteiger partial charge in [0.25, 0.3) is 5.91 Å². The van der Waals surface area contributed by atoms with E-state index in [1.807, 2.05) is 49.3 Å². The van der Waals surface area contributed by atoms with Crippen LogP contribution in [0, 0.1) is 11.6 Å². The number of rotatable bonds is 9. The summed E-state index contributed by atoms with van der Waals surface area (Å²) < 4.78 is 40.5. The van der Waals surface area contributed by atoms with E-state index in [1.165, 1.54) is 6.20 Å². The summed E-state index contributed by atoms with van der Waals surface area (Å²) in [5, 5.41) is 9.83. The number of fused-ring (bicyclic) bond motifs is 1. The van der Waals surface area contributed by atoms with Gasteiger partial charge in [0, 0.05) is 6.54 Å². The van der Waals surface area contributed by atoms with Crippen LogP contribution in [0.4, 0.5) is 14.5 Å². The summed E-state index contributed by atoms with van der Waals surface area (Å²) in [6, 6.07) is 12.8. The largest absolute Gasteiger partial charge is 0.486 e. The summed E-state index contributed by atoms with van der Waals surface area (Å²) in [4.78, 5) is 18.9. The number of likely N-dealkylation sites (N-methyl/N-ethyl adjacent to an activating group) is 1. The van der Waals surface area contributed by atoms with E-state index in [4.69, 9.17) is 9.47 Å². The third kappa shape index (κ3) is 5.29. The van der Waals surface area contributed by atoms with E-state index in [0.717, 1.165) is 17.7 Å². The second-order valence-electron chi connectivity index (χ2n) is 7.76. The van der Waals surface area contributed by atoms with Gasteiger partial charge in [-0.2, -0.15) is 0 Å². The maximum Gasteiger partial charge on any atom is 0.261 e. The molecule has 0 radical (unpaired) electrons. The summed E-state index contributed by atoms with van der Waals surface area (Å²) in [5.74, 6) is -2.98. The van der Waals surface area contributed by atoms with Crippen molar-refractivity contribution in [3.63, 3.8) is 0 Å². The third-order valence-electron chi connectivity index (χ3n) is 4.94. The molecule has 2 aromatic heterocycles. The Bertz CT molecular complexity index is 1290. The molecule has 0 spiro atoms. The monoisotopic (exact) mass is 467 g/mol. The van der Waals surface area contributed by atoms with Crippen molar-refractivity contribution in [3.05, 3.63) is 77.5 Å². The normalized spacial score (nSPS) is 11.1. The number of carbonyl (C=O) groups excluding carboxylic acids is 1. The summed E-state index contributed by atoms with van der Waals surface area (Å²) in [7, 11) is 3.84. The summed E-state index contributed by atoms with van der Waals surface area (Å²) in [6.07, 6.45) is 1.35. The second-order valence-corrected chi connectivity index (χ2v) is 7.76. The van der Waals surface area contributed by atoms with Gasteiger partial charge in [0.15, 0.2) is 17.2 Å². The molecule has 0 saturated carbocycles. The van der Waals surface area contributed by atoms with Crippen molar-refractivity contribution in [1.82, 2.24) is 20.1 Å². The van der Waals surface area contributed by atoms with Gasteiger partial charge >= 0.3 is 0 Å². The summed E-state index contributed by atoms with van der Waals surface area (Å²) >= 11 is 0. The number of anilines is 1. The van der Waals surface area contributed by atoms with Crippen LogP contribution < -0.4 is 14.8 Å².